The Hall–Kier alpha value is -0.970. The van der Waals surface area contributed by atoms with E-state index in [-0.39, 0.29) is 0 Å². The Morgan fingerprint density at radius 1 is 1.47 bits per heavy atom. The number of hydrogen-bond acceptors (Lipinski definition) is 3. The van der Waals surface area contributed by atoms with Crippen molar-refractivity contribution in [2.24, 2.45) is 5.73 Å². The van der Waals surface area contributed by atoms with Crippen molar-refractivity contribution >= 4 is 23.2 Å². The molecular formula is C11H13Cl2N3O. The summed E-state index contributed by atoms with van der Waals surface area (Å²) in [6, 6.07) is 2.95. The lowest BCUT2D eigenvalue weighted by molar-refractivity contribution is 0.470. The van der Waals surface area contributed by atoms with E-state index in [1.807, 2.05) is 0 Å². The van der Waals surface area contributed by atoms with Crippen LogP contribution in [-0.4, -0.2) is 9.78 Å². The molecule has 2 rings (SSSR count). The molecule has 0 fully saturated rings. The molecule has 4 nitrogen and oxygen atoms in total. The highest BCUT2D eigenvalue weighted by molar-refractivity contribution is 6.31. The van der Waals surface area contributed by atoms with Crippen LogP contribution in [0.25, 0.3) is 0 Å². The van der Waals surface area contributed by atoms with Gasteiger partial charge in [-0.15, -0.1) is 0 Å². The van der Waals surface area contributed by atoms with Crippen LogP contribution in [0.1, 0.15) is 30.8 Å². The van der Waals surface area contributed by atoms with Gasteiger partial charge < -0.3 is 10.2 Å². The average molecular weight is 274 g/mol. The Morgan fingerprint density at radius 3 is 2.82 bits per heavy atom. The lowest BCUT2D eigenvalue weighted by Gasteiger charge is -2.12. The summed E-state index contributed by atoms with van der Waals surface area (Å²) in [6.45, 7) is 2.83. The van der Waals surface area contributed by atoms with Gasteiger partial charge in [-0.05, 0) is 30.2 Å². The number of hydrogen-bond donors (Lipinski definition) is 1. The lowest BCUT2D eigenvalue weighted by Crippen LogP contribution is -2.17. The van der Waals surface area contributed by atoms with E-state index >= 15 is 0 Å². The number of aromatic nitrogens is 2. The molecule has 0 aliphatic rings. The zero-order valence-corrected chi connectivity index (χ0v) is 10.9. The van der Waals surface area contributed by atoms with Gasteiger partial charge in [0.05, 0.1) is 16.9 Å². The van der Waals surface area contributed by atoms with Crippen molar-refractivity contribution in [1.29, 1.82) is 0 Å². The van der Waals surface area contributed by atoms with E-state index in [0.29, 0.717) is 16.0 Å². The van der Waals surface area contributed by atoms with E-state index in [2.05, 4.69) is 12.0 Å². The van der Waals surface area contributed by atoms with Gasteiger partial charge in [0, 0.05) is 6.54 Å². The minimum Gasteiger partial charge on any atom is -0.448 e. The van der Waals surface area contributed by atoms with Crippen LogP contribution < -0.4 is 5.73 Å². The summed E-state index contributed by atoms with van der Waals surface area (Å²) in [7, 11) is 0. The van der Waals surface area contributed by atoms with Crippen LogP contribution in [0.2, 0.25) is 10.2 Å². The summed E-state index contributed by atoms with van der Waals surface area (Å²) < 4.78 is 7.09. The van der Waals surface area contributed by atoms with E-state index in [0.717, 1.165) is 18.7 Å². The zero-order valence-electron chi connectivity index (χ0n) is 9.36. The van der Waals surface area contributed by atoms with Gasteiger partial charge in [0.25, 0.3) is 0 Å². The van der Waals surface area contributed by atoms with E-state index in [4.69, 9.17) is 33.4 Å². The van der Waals surface area contributed by atoms with Crippen LogP contribution >= 0.6 is 23.2 Å². The van der Waals surface area contributed by atoms with Crippen LogP contribution in [0, 0.1) is 0 Å². The Kier molecular flexibility index (Phi) is 3.76. The second kappa shape index (κ2) is 5.12. The van der Waals surface area contributed by atoms with Gasteiger partial charge in [0.15, 0.2) is 5.22 Å². The second-order valence-electron chi connectivity index (χ2n) is 3.72. The Balaban J connectivity index is 2.35. The molecule has 2 aromatic heterocycles. The number of rotatable bonds is 4. The lowest BCUT2D eigenvalue weighted by atomic mass is 10.1. The van der Waals surface area contributed by atoms with Gasteiger partial charge in [-0.1, -0.05) is 18.5 Å². The fourth-order valence-corrected chi connectivity index (χ4v) is 2.11. The van der Waals surface area contributed by atoms with Crippen molar-refractivity contribution in [1.82, 2.24) is 9.78 Å². The molecular weight excluding hydrogens is 261 g/mol. The number of halogens is 2. The van der Waals surface area contributed by atoms with Crippen LogP contribution in [0.15, 0.2) is 22.7 Å². The monoisotopic (exact) mass is 273 g/mol. The largest absolute Gasteiger partial charge is 0.448 e. The molecule has 2 aromatic rings. The Labute approximate surface area is 109 Å². The van der Waals surface area contributed by atoms with Crippen LogP contribution in [0.4, 0.5) is 0 Å². The van der Waals surface area contributed by atoms with E-state index in [1.165, 1.54) is 0 Å². The molecule has 0 aliphatic carbocycles. The van der Waals surface area contributed by atoms with Crippen molar-refractivity contribution in [3.63, 3.8) is 0 Å². The molecule has 0 spiro atoms. The van der Waals surface area contributed by atoms with Crippen LogP contribution in [0.3, 0.4) is 0 Å². The number of aryl methyl sites for hydroxylation is 1. The summed E-state index contributed by atoms with van der Waals surface area (Å²) in [5.74, 6) is 0.578. The van der Waals surface area contributed by atoms with Gasteiger partial charge in [0.1, 0.15) is 11.8 Å². The van der Waals surface area contributed by atoms with Crippen molar-refractivity contribution in [3.05, 3.63) is 40.0 Å². The maximum Gasteiger partial charge on any atom is 0.193 e. The minimum absolute atomic E-state index is 0.313. The molecule has 92 valence electrons. The topological polar surface area (TPSA) is 57.0 Å². The third-order valence-corrected chi connectivity index (χ3v) is 2.96. The van der Waals surface area contributed by atoms with Gasteiger partial charge in [0.2, 0.25) is 0 Å². The van der Waals surface area contributed by atoms with Gasteiger partial charge in [-0.25, -0.2) is 0 Å². The fourth-order valence-electron chi connectivity index (χ4n) is 1.70. The molecule has 0 saturated heterocycles. The highest BCUT2D eigenvalue weighted by Gasteiger charge is 2.21. The molecule has 0 saturated carbocycles. The molecule has 1 unspecified atom stereocenters. The summed E-state index contributed by atoms with van der Waals surface area (Å²) >= 11 is 11.8. The van der Waals surface area contributed by atoms with E-state index < -0.39 is 6.04 Å². The molecule has 0 bridgehead atoms. The molecule has 0 aromatic carbocycles. The standard InChI is InChI=1S/C11H13Cl2N3O/c1-2-5-16-11(7(12)6-15-16)10(14)8-3-4-9(13)17-8/h3-4,6,10H,2,5,14H2,1H3. The Bertz CT molecular complexity index is 507. The van der Waals surface area contributed by atoms with Crippen molar-refractivity contribution in [3.8, 4) is 0 Å². The quantitative estimate of drug-likeness (QED) is 0.931. The molecule has 17 heavy (non-hydrogen) atoms. The first-order valence-electron chi connectivity index (χ1n) is 5.35. The molecule has 2 N–H and O–H groups in total. The molecule has 0 aliphatic heterocycles. The highest BCUT2D eigenvalue weighted by Crippen LogP contribution is 2.28. The summed E-state index contributed by atoms with van der Waals surface area (Å²) in [6.07, 6.45) is 2.55. The van der Waals surface area contributed by atoms with Gasteiger partial charge in [-0.3, -0.25) is 4.68 Å². The first-order valence-corrected chi connectivity index (χ1v) is 6.11. The first-order chi connectivity index (χ1) is 8.13. The second-order valence-corrected chi connectivity index (χ2v) is 4.50. The van der Waals surface area contributed by atoms with E-state index in [1.54, 1.807) is 23.0 Å². The zero-order chi connectivity index (χ0) is 12.4. The summed E-state index contributed by atoms with van der Waals surface area (Å²) in [4.78, 5) is 0. The number of nitrogens with two attached hydrogens (primary N) is 1. The smallest absolute Gasteiger partial charge is 0.193 e. The maximum atomic E-state index is 6.11. The van der Waals surface area contributed by atoms with Crippen LogP contribution in [-0.2, 0) is 6.54 Å². The molecule has 0 amide bonds. The first kappa shape index (κ1) is 12.5. The SMILES string of the molecule is CCCn1ncc(Cl)c1C(N)c1ccc(Cl)o1. The van der Waals surface area contributed by atoms with Crippen molar-refractivity contribution < 1.29 is 4.42 Å². The third-order valence-electron chi connectivity index (χ3n) is 2.46. The van der Waals surface area contributed by atoms with Crippen LogP contribution in [0.5, 0.6) is 0 Å². The minimum atomic E-state index is -0.455. The predicted octanol–water partition coefficient (Wildman–Crippen LogP) is 3.24. The number of furan rings is 1. The fraction of sp³-hybridized carbons (Fsp3) is 0.364. The molecule has 1 atom stereocenters. The Morgan fingerprint density at radius 2 is 2.24 bits per heavy atom. The van der Waals surface area contributed by atoms with Gasteiger partial charge in [-0.2, -0.15) is 5.10 Å². The average Bonchev–Trinajstić information content (AvgIpc) is 2.86. The molecule has 6 heteroatoms. The van der Waals surface area contributed by atoms with Crippen molar-refractivity contribution in [2.45, 2.75) is 25.9 Å². The van der Waals surface area contributed by atoms with Gasteiger partial charge >= 0.3 is 0 Å². The third kappa shape index (κ3) is 2.49. The highest BCUT2D eigenvalue weighted by atomic mass is 35.5. The molecule has 2 heterocycles. The van der Waals surface area contributed by atoms with E-state index in [9.17, 15) is 0 Å². The number of nitrogens with zero attached hydrogens (tertiary/aromatic N) is 2. The maximum absolute atomic E-state index is 6.11. The summed E-state index contributed by atoms with van der Waals surface area (Å²) in [5.41, 5.74) is 6.86. The van der Waals surface area contributed by atoms with Crippen molar-refractivity contribution in [2.75, 3.05) is 0 Å². The summed E-state index contributed by atoms with van der Waals surface area (Å²) in [5, 5.41) is 5.04. The molecule has 0 radical (unpaired) electrons. The normalized spacial score (nSPS) is 12.9. The predicted molar refractivity (Wildman–Crippen MR) is 67.3 cm³/mol.